The maximum absolute atomic E-state index is 12.2. The minimum atomic E-state index is -0.332. The van der Waals surface area contributed by atoms with Crippen LogP contribution in [0.2, 0.25) is 0 Å². The molecule has 0 radical (unpaired) electrons. The number of carbonyl (C=O) groups is 1. The molecule has 1 amide bonds. The van der Waals surface area contributed by atoms with E-state index in [0.29, 0.717) is 23.6 Å². The molecule has 2 fully saturated rings. The average molecular weight is 331 g/mol. The summed E-state index contributed by atoms with van der Waals surface area (Å²) < 4.78 is 5.24. The van der Waals surface area contributed by atoms with Gasteiger partial charge in [-0.15, -0.1) is 10.2 Å². The minimum absolute atomic E-state index is 0.0952. The molecule has 2 aliphatic rings. The van der Waals surface area contributed by atoms with Gasteiger partial charge in [-0.1, -0.05) is 19.1 Å². The molecule has 2 aliphatic carbocycles. The van der Waals surface area contributed by atoms with Crippen molar-refractivity contribution in [3.8, 4) is 5.88 Å². The maximum Gasteiger partial charge on any atom is 0.272 e. The monoisotopic (exact) mass is 331 g/mol. The number of nitrogens with zero attached hydrogens (tertiary/aromatic N) is 2. The first kappa shape index (κ1) is 16.9. The van der Waals surface area contributed by atoms with Crippen LogP contribution in [0.4, 0.5) is 0 Å². The van der Waals surface area contributed by atoms with E-state index in [1.807, 2.05) is 13.0 Å². The fourth-order valence-electron chi connectivity index (χ4n) is 3.33. The molecule has 2 N–H and O–H groups in total. The number of aromatic nitrogens is 2. The van der Waals surface area contributed by atoms with Gasteiger partial charge in [0.2, 0.25) is 5.88 Å². The van der Waals surface area contributed by atoms with Gasteiger partial charge < -0.3 is 15.2 Å². The first-order valence-electron chi connectivity index (χ1n) is 8.61. The molecule has 6 nitrogen and oxygen atoms in total. The Morgan fingerprint density at radius 1 is 1.50 bits per heavy atom. The highest BCUT2D eigenvalue weighted by molar-refractivity contribution is 5.93. The summed E-state index contributed by atoms with van der Waals surface area (Å²) in [5.74, 6) is 0.695. The molecule has 3 rings (SSSR count). The van der Waals surface area contributed by atoms with Gasteiger partial charge in [-0.3, -0.25) is 4.79 Å². The number of rotatable bonds is 7. The Hall–Kier alpha value is -1.95. The fourth-order valence-corrected chi connectivity index (χ4v) is 3.33. The van der Waals surface area contributed by atoms with Crippen molar-refractivity contribution in [2.75, 3.05) is 13.7 Å². The lowest BCUT2D eigenvalue weighted by Gasteiger charge is -2.33. The number of hydrogen-bond donors (Lipinski definition) is 2. The summed E-state index contributed by atoms with van der Waals surface area (Å²) in [6, 6.07) is 1.41. The lowest BCUT2D eigenvalue weighted by molar-refractivity contribution is 0.0908. The second-order valence-electron chi connectivity index (χ2n) is 6.98. The molecule has 2 saturated carbocycles. The Bertz CT molecular complexity index is 628. The van der Waals surface area contributed by atoms with Crippen LogP contribution >= 0.6 is 0 Å². The minimum Gasteiger partial charge on any atom is -0.479 e. The third-order valence-electron chi connectivity index (χ3n) is 5.16. The smallest absolute Gasteiger partial charge is 0.272 e. The lowest BCUT2D eigenvalue weighted by atomic mass is 9.72. The van der Waals surface area contributed by atoms with Gasteiger partial charge in [0.05, 0.1) is 19.8 Å². The quantitative estimate of drug-likeness (QED) is 0.800. The molecule has 0 bridgehead atoms. The van der Waals surface area contributed by atoms with Crippen LogP contribution in [0.1, 0.15) is 55.1 Å². The van der Waals surface area contributed by atoms with E-state index < -0.39 is 0 Å². The van der Waals surface area contributed by atoms with Crippen LogP contribution in [-0.2, 0) is 0 Å². The number of nitrogens with one attached hydrogen (secondary N) is 1. The molecule has 24 heavy (non-hydrogen) atoms. The Balaban J connectivity index is 1.70. The summed E-state index contributed by atoms with van der Waals surface area (Å²) in [7, 11) is 1.54. The molecule has 1 aromatic rings. The molecule has 1 spiro atoms. The van der Waals surface area contributed by atoms with Crippen molar-refractivity contribution in [2.24, 2.45) is 11.3 Å². The Morgan fingerprint density at radius 3 is 2.83 bits per heavy atom. The van der Waals surface area contributed by atoms with Crippen LogP contribution < -0.4 is 10.1 Å². The Kier molecular flexibility index (Phi) is 4.85. The van der Waals surface area contributed by atoms with Crippen LogP contribution in [0.25, 0.3) is 6.08 Å². The van der Waals surface area contributed by atoms with E-state index in [2.05, 4.69) is 21.6 Å². The molecule has 0 aromatic carbocycles. The van der Waals surface area contributed by atoms with Gasteiger partial charge in [0.1, 0.15) is 0 Å². The Labute approximate surface area is 142 Å². The van der Waals surface area contributed by atoms with Crippen molar-refractivity contribution in [1.82, 2.24) is 15.5 Å². The number of ether oxygens (including phenoxy) is 1. The van der Waals surface area contributed by atoms with Gasteiger partial charge in [-0.2, -0.15) is 0 Å². The summed E-state index contributed by atoms with van der Waals surface area (Å²) in [6.07, 6.45) is 10.1. The topological polar surface area (TPSA) is 84.3 Å². The maximum atomic E-state index is 12.2. The van der Waals surface area contributed by atoms with E-state index in [1.54, 1.807) is 13.2 Å². The second-order valence-corrected chi connectivity index (χ2v) is 6.98. The van der Waals surface area contributed by atoms with Crippen molar-refractivity contribution in [1.29, 1.82) is 0 Å². The summed E-state index contributed by atoms with van der Waals surface area (Å²) in [5, 5.41) is 19.9. The number of methoxy groups -OCH3 is 1. The van der Waals surface area contributed by atoms with Crippen molar-refractivity contribution in [2.45, 2.75) is 45.1 Å². The molecule has 6 heteroatoms. The fraction of sp³-hybridized carbons (Fsp3) is 0.611. The van der Waals surface area contributed by atoms with E-state index in [0.717, 1.165) is 5.56 Å². The first-order chi connectivity index (χ1) is 11.6. The highest BCUT2D eigenvalue weighted by atomic mass is 16.5. The van der Waals surface area contributed by atoms with Crippen LogP contribution in [0.15, 0.2) is 12.1 Å². The third kappa shape index (κ3) is 3.59. The zero-order chi connectivity index (χ0) is 17.2. The predicted molar refractivity (Wildman–Crippen MR) is 90.6 cm³/mol. The molecule has 1 unspecified atom stereocenters. The van der Waals surface area contributed by atoms with E-state index >= 15 is 0 Å². The van der Waals surface area contributed by atoms with Gasteiger partial charge in [0.15, 0.2) is 5.69 Å². The standard InChI is InChI=1S/C18H25N3O3/c1-3-14(11-22)19-16(23)15-8-13(17(24-2)21-20-15)5-4-12-9-18(10-12)6-7-18/h4-5,8,12,14,22H,3,6-7,9-11H2,1-2H3,(H,19,23). The number of carbonyl (C=O) groups excluding carboxylic acids is 1. The van der Waals surface area contributed by atoms with Crippen molar-refractivity contribution in [3.63, 3.8) is 0 Å². The molecule has 130 valence electrons. The molecule has 0 aliphatic heterocycles. The predicted octanol–water partition coefficient (Wildman–Crippen LogP) is 2.19. The van der Waals surface area contributed by atoms with Crippen molar-refractivity contribution < 1.29 is 14.6 Å². The highest BCUT2D eigenvalue weighted by Crippen LogP contribution is 2.63. The molecule has 0 saturated heterocycles. The molecule has 1 atom stereocenters. The summed E-state index contributed by atoms with van der Waals surface area (Å²) >= 11 is 0. The van der Waals surface area contributed by atoms with Crippen LogP contribution in [0.3, 0.4) is 0 Å². The number of hydrogen-bond acceptors (Lipinski definition) is 5. The third-order valence-corrected chi connectivity index (χ3v) is 5.16. The summed E-state index contributed by atoms with van der Waals surface area (Å²) in [6.45, 7) is 1.81. The van der Waals surface area contributed by atoms with Crippen LogP contribution in [-0.4, -0.2) is 41.0 Å². The number of allylic oxidation sites excluding steroid dienone is 1. The van der Waals surface area contributed by atoms with Gasteiger partial charge in [-0.25, -0.2) is 0 Å². The van der Waals surface area contributed by atoms with Crippen LogP contribution in [0, 0.1) is 11.3 Å². The van der Waals surface area contributed by atoms with Crippen molar-refractivity contribution in [3.05, 3.63) is 23.4 Å². The summed E-state index contributed by atoms with van der Waals surface area (Å²) in [5.41, 5.74) is 1.65. The highest BCUT2D eigenvalue weighted by Gasteiger charge is 2.51. The van der Waals surface area contributed by atoms with Crippen LogP contribution in [0.5, 0.6) is 5.88 Å². The zero-order valence-corrected chi connectivity index (χ0v) is 14.3. The molecule has 1 heterocycles. The van der Waals surface area contributed by atoms with E-state index in [-0.39, 0.29) is 24.2 Å². The number of aliphatic hydroxyl groups excluding tert-OH is 1. The number of aliphatic hydroxyl groups is 1. The Morgan fingerprint density at radius 2 is 2.25 bits per heavy atom. The van der Waals surface area contributed by atoms with E-state index in [9.17, 15) is 9.90 Å². The first-order valence-corrected chi connectivity index (χ1v) is 8.61. The SMILES string of the molecule is CCC(CO)NC(=O)c1cc(C=CC2CC3(CC3)C2)c(OC)nn1. The molecular weight excluding hydrogens is 306 g/mol. The van der Waals surface area contributed by atoms with Gasteiger partial charge >= 0.3 is 0 Å². The van der Waals surface area contributed by atoms with Crippen molar-refractivity contribution >= 4 is 12.0 Å². The van der Waals surface area contributed by atoms with Gasteiger partial charge in [0.25, 0.3) is 5.91 Å². The second kappa shape index (κ2) is 6.89. The van der Waals surface area contributed by atoms with Gasteiger partial charge in [0, 0.05) is 5.56 Å². The zero-order valence-electron chi connectivity index (χ0n) is 14.3. The number of amides is 1. The molecular formula is C18H25N3O3. The van der Waals surface area contributed by atoms with E-state index in [4.69, 9.17) is 4.74 Å². The lowest BCUT2D eigenvalue weighted by Crippen LogP contribution is -2.37. The average Bonchev–Trinajstić information content (AvgIpc) is 3.37. The normalized spacial score (nSPS) is 20.0. The summed E-state index contributed by atoms with van der Waals surface area (Å²) in [4.78, 5) is 12.2. The molecule has 1 aromatic heterocycles. The largest absolute Gasteiger partial charge is 0.479 e. The van der Waals surface area contributed by atoms with Gasteiger partial charge in [-0.05, 0) is 49.5 Å². The van der Waals surface area contributed by atoms with E-state index in [1.165, 1.54) is 25.7 Å².